The number of ether oxygens (including phenoxy) is 1. The minimum Gasteiger partial charge on any atom is -0.406 e. The molecule has 0 amide bonds. The van der Waals surface area contributed by atoms with Gasteiger partial charge in [-0.05, 0) is 60.6 Å². The maximum absolute atomic E-state index is 12.3. The van der Waals surface area contributed by atoms with Gasteiger partial charge in [-0.3, -0.25) is 4.99 Å². The normalized spacial score (nSPS) is 19.6. The minimum atomic E-state index is -4.74. The third-order valence-electron chi connectivity index (χ3n) is 7.28. The van der Waals surface area contributed by atoms with Gasteiger partial charge in [0.25, 0.3) is 0 Å². The number of aliphatic imine (C=N–C) groups is 3. The Labute approximate surface area is 249 Å². The fourth-order valence-corrected chi connectivity index (χ4v) is 5.54. The van der Waals surface area contributed by atoms with Crippen molar-refractivity contribution < 1.29 is 17.9 Å². The van der Waals surface area contributed by atoms with Crippen molar-refractivity contribution in [2.45, 2.75) is 39.1 Å². The average molecular weight is 594 g/mol. The molecule has 0 bridgehead atoms. The lowest BCUT2D eigenvalue weighted by atomic mass is 10.1. The highest BCUT2D eigenvalue weighted by Gasteiger charge is 2.50. The molecule has 10 heteroatoms. The molecule has 0 saturated heterocycles. The number of rotatable bonds is 12. The van der Waals surface area contributed by atoms with E-state index in [1.807, 2.05) is 48.7 Å². The monoisotopic (exact) mass is 593 g/mol. The van der Waals surface area contributed by atoms with Crippen molar-refractivity contribution in [1.29, 1.82) is 0 Å². The van der Waals surface area contributed by atoms with Crippen molar-refractivity contribution in [1.82, 2.24) is 5.32 Å². The second-order valence-electron chi connectivity index (χ2n) is 10.1. The number of amidine groups is 1. The summed E-state index contributed by atoms with van der Waals surface area (Å²) in [6.45, 7) is 5.10. The van der Waals surface area contributed by atoms with E-state index in [1.54, 1.807) is 0 Å². The molecule has 6 nitrogen and oxygen atoms in total. The highest BCUT2D eigenvalue weighted by molar-refractivity contribution is 7.80. The lowest BCUT2D eigenvalue weighted by Gasteiger charge is -2.16. The molecule has 1 aliphatic carbocycles. The molecule has 0 aliphatic heterocycles. The summed E-state index contributed by atoms with van der Waals surface area (Å²) in [4.78, 5) is 13.8. The summed E-state index contributed by atoms with van der Waals surface area (Å²) >= 11 is 5.78. The molecule has 42 heavy (non-hydrogen) atoms. The Balaban J connectivity index is 1.23. The number of nitrogens with two attached hydrogens (primary N) is 1. The van der Waals surface area contributed by atoms with Gasteiger partial charge in [0.15, 0.2) is 0 Å². The van der Waals surface area contributed by atoms with Gasteiger partial charge in [-0.2, -0.15) is 0 Å². The Bertz CT molecular complexity index is 1410. The molecule has 4 rings (SSSR count). The van der Waals surface area contributed by atoms with Gasteiger partial charge in [0.1, 0.15) is 17.9 Å². The Morgan fingerprint density at radius 1 is 1.02 bits per heavy atom. The number of alkyl halides is 3. The van der Waals surface area contributed by atoms with E-state index in [1.165, 1.54) is 36.2 Å². The van der Waals surface area contributed by atoms with Crippen molar-refractivity contribution in [2.75, 3.05) is 6.54 Å². The highest BCUT2D eigenvalue weighted by atomic mass is 32.1. The van der Waals surface area contributed by atoms with Crippen LogP contribution in [0.5, 0.6) is 5.75 Å². The van der Waals surface area contributed by atoms with Gasteiger partial charge in [0.2, 0.25) is 0 Å². The van der Waals surface area contributed by atoms with Crippen molar-refractivity contribution in [2.24, 2.45) is 38.5 Å². The van der Waals surface area contributed by atoms with Crippen molar-refractivity contribution >= 4 is 41.3 Å². The van der Waals surface area contributed by atoms with Gasteiger partial charge in [0.05, 0.1) is 10.7 Å². The molecule has 0 spiro atoms. The van der Waals surface area contributed by atoms with E-state index in [0.29, 0.717) is 29.0 Å². The topological polar surface area (TPSA) is 84.4 Å². The van der Waals surface area contributed by atoms with Crippen LogP contribution in [0.1, 0.15) is 49.4 Å². The van der Waals surface area contributed by atoms with E-state index in [0.717, 1.165) is 29.9 Å². The summed E-state index contributed by atoms with van der Waals surface area (Å²) in [5.41, 5.74) is 9.36. The molecule has 0 aromatic heterocycles. The first-order chi connectivity index (χ1) is 20.1. The van der Waals surface area contributed by atoms with Crippen LogP contribution < -0.4 is 15.8 Å². The van der Waals surface area contributed by atoms with E-state index in [9.17, 15) is 13.2 Å². The smallest absolute Gasteiger partial charge is 0.406 e. The van der Waals surface area contributed by atoms with Crippen LogP contribution in [0.3, 0.4) is 0 Å². The largest absolute Gasteiger partial charge is 0.573 e. The summed E-state index contributed by atoms with van der Waals surface area (Å²) < 4.78 is 40.6. The zero-order valence-electron chi connectivity index (χ0n) is 23.5. The van der Waals surface area contributed by atoms with Gasteiger partial charge in [-0.1, -0.05) is 80.2 Å². The maximum atomic E-state index is 12.3. The number of nitrogens with zero attached hydrogens (tertiary/aromatic N) is 3. The molecule has 4 unspecified atom stereocenters. The Morgan fingerprint density at radius 3 is 2.36 bits per heavy atom. The lowest BCUT2D eigenvalue weighted by Crippen LogP contribution is -2.27. The molecular formula is C32H34F3N5OS. The van der Waals surface area contributed by atoms with Crippen LogP contribution in [0.15, 0.2) is 93.8 Å². The average Bonchev–Trinajstić information content (AvgIpc) is 3.69. The fraction of sp³-hybridized carbons (Fsp3) is 0.312. The molecule has 3 aromatic carbocycles. The fourth-order valence-electron chi connectivity index (χ4n) is 5.02. The second-order valence-corrected chi connectivity index (χ2v) is 10.6. The van der Waals surface area contributed by atoms with Crippen molar-refractivity contribution in [3.63, 3.8) is 0 Å². The van der Waals surface area contributed by atoms with Crippen LogP contribution in [0.2, 0.25) is 0 Å². The van der Waals surface area contributed by atoms with E-state index < -0.39 is 6.36 Å². The predicted octanol–water partition coefficient (Wildman–Crippen LogP) is 7.41. The summed E-state index contributed by atoms with van der Waals surface area (Å²) in [5, 5.41) is 3.54. The summed E-state index contributed by atoms with van der Waals surface area (Å²) in [6.07, 6.45) is 0.479. The SMILES string of the molecule is CCC1C(CCN=Cc2ccc(C(N)=NC=Nc3ccc(OC(F)(F)F)cc3)cc2)C1C(=S)NC(C)c1ccccc1. The summed E-state index contributed by atoms with van der Waals surface area (Å²) in [6, 6.07) is 23.2. The number of halogens is 3. The predicted molar refractivity (Wildman–Crippen MR) is 167 cm³/mol. The number of hydrogen-bond donors (Lipinski definition) is 2. The van der Waals surface area contributed by atoms with Crippen LogP contribution >= 0.6 is 12.2 Å². The zero-order chi connectivity index (χ0) is 30.1. The van der Waals surface area contributed by atoms with Crippen molar-refractivity contribution in [3.8, 4) is 5.75 Å². The Hall–Kier alpha value is -4.05. The van der Waals surface area contributed by atoms with E-state index in [2.05, 4.69) is 51.0 Å². The molecule has 0 heterocycles. The Morgan fingerprint density at radius 2 is 1.71 bits per heavy atom. The van der Waals surface area contributed by atoms with Crippen LogP contribution in [0, 0.1) is 17.8 Å². The van der Waals surface area contributed by atoms with Gasteiger partial charge < -0.3 is 15.8 Å². The molecule has 4 atom stereocenters. The molecule has 3 N–H and O–H groups in total. The maximum Gasteiger partial charge on any atom is 0.573 e. The molecule has 1 saturated carbocycles. The number of nitrogens with one attached hydrogen (secondary N) is 1. The number of thiocarbonyl (C=S) groups is 1. The third kappa shape index (κ3) is 8.97. The first-order valence-electron chi connectivity index (χ1n) is 13.8. The molecule has 3 aromatic rings. The standard InChI is InChI=1S/C32H34F3N5OS/c1-3-27-28(29(27)31(42)40-21(2)23-7-5-4-6-8-23)17-18-37-19-22-9-11-24(12-10-22)30(36)39-20-38-25-13-15-26(16-14-25)41-32(33,34)35/h4-16,19-21,27-29H,3,17-18H2,1-2H3,(H,40,42)(H2,36,38,39). The second kappa shape index (κ2) is 14.2. The first kappa shape index (κ1) is 30.9. The molecule has 220 valence electrons. The summed E-state index contributed by atoms with van der Waals surface area (Å²) in [5.74, 6) is 1.52. The van der Waals surface area contributed by atoms with Crippen LogP contribution in [-0.4, -0.2) is 36.3 Å². The van der Waals surface area contributed by atoms with Crippen LogP contribution in [0.4, 0.5) is 18.9 Å². The molecule has 1 aliphatic rings. The van der Waals surface area contributed by atoms with E-state index in [4.69, 9.17) is 18.0 Å². The van der Waals surface area contributed by atoms with Gasteiger partial charge in [-0.15, -0.1) is 13.2 Å². The van der Waals surface area contributed by atoms with Gasteiger partial charge >= 0.3 is 6.36 Å². The van der Waals surface area contributed by atoms with Gasteiger partial charge in [-0.25, -0.2) is 9.98 Å². The quantitative estimate of drug-likeness (QED) is 0.130. The lowest BCUT2D eigenvalue weighted by molar-refractivity contribution is -0.274. The Kier molecular flexibility index (Phi) is 10.5. The zero-order valence-corrected chi connectivity index (χ0v) is 24.3. The van der Waals surface area contributed by atoms with E-state index in [-0.39, 0.29) is 17.6 Å². The number of benzene rings is 3. The van der Waals surface area contributed by atoms with Crippen molar-refractivity contribution in [3.05, 3.63) is 95.6 Å². The molecule has 0 radical (unpaired) electrons. The molecular weight excluding hydrogens is 559 g/mol. The van der Waals surface area contributed by atoms with E-state index >= 15 is 0 Å². The highest BCUT2D eigenvalue weighted by Crippen LogP contribution is 2.51. The minimum absolute atomic E-state index is 0.187. The van der Waals surface area contributed by atoms with Gasteiger partial charge in [0, 0.05) is 30.3 Å². The third-order valence-corrected chi connectivity index (χ3v) is 7.67. The summed E-state index contributed by atoms with van der Waals surface area (Å²) in [7, 11) is 0. The number of hydrogen-bond acceptors (Lipinski definition) is 4. The van der Waals surface area contributed by atoms with Crippen LogP contribution in [0.25, 0.3) is 0 Å². The van der Waals surface area contributed by atoms with Crippen LogP contribution in [-0.2, 0) is 0 Å². The first-order valence-corrected chi connectivity index (χ1v) is 14.2. The molecule has 1 fully saturated rings.